The summed E-state index contributed by atoms with van der Waals surface area (Å²) in [6, 6.07) is 7.12. The maximum absolute atomic E-state index is 5.76. The molecular formula is C19H30N4O2. The topological polar surface area (TPSA) is 58.1 Å². The number of fused-ring (bicyclic) bond motifs is 1. The van der Waals surface area contributed by atoms with Crippen LogP contribution >= 0.6 is 0 Å². The summed E-state index contributed by atoms with van der Waals surface area (Å²) in [7, 11) is 2.20. The van der Waals surface area contributed by atoms with Crippen molar-refractivity contribution in [1.29, 1.82) is 0 Å². The molecule has 1 heterocycles. The fraction of sp³-hybridized carbons (Fsp3) is 0.632. The zero-order valence-electron chi connectivity index (χ0n) is 15.5. The van der Waals surface area contributed by atoms with Crippen LogP contribution < -0.4 is 20.1 Å². The van der Waals surface area contributed by atoms with E-state index in [0.717, 1.165) is 48.7 Å². The Kier molecular flexibility index (Phi) is 6.02. The first-order chi connectivity index (χ1) is 12.2. The number of benzene rings is 1. The van der Waals surface area contributed by atoms with Crippen LogP contribution in [0.3, 0.4) is 0 Å². The molecule has 0 amide bonds. The van der Waals surface area contributed by atoms with Gasteiger partial charge in [-0.3, -0.25) is 9.89 Å². The standard InChI is InChI=1S/C19H30N4O2/c1-4-20-19(21-13-14(2)23(3)16-7-8-16)22-15-6-9-17-18(12-15)25-11-5-10-24-17/h6,9,12,14,16H,4-5,7-8,10-11,13H2,1-3H3,(H2,20,21,22). The Morgan fingerprint density at radius 1 is 1.28 bits per heavy atom. The Bertz CT molecular complexity index is 601. The number of nitrogens with zero attached hydrogens (tertiary/aromatic N) is 2. The molecule has 1 aliphatic heterocycles. The Hall–Kier alpha value is -1.95. The van der Waals surface area contributed by atoms with Gasteiger partial charge < -0.3 is 20.1 Å². The number of likely N-dealkylation sites (N-methyl/N-ethyl adjacent to an activating group) is 1. The van der Waals surface area contributed by atoms with E-state index in [1.807, 2.05) is 18.2 Å². The summed E-state index contributed by atoms with van der Waals surface area (Å²) in [4.78, 5) is 7.18. The Labute approximate surface area is 150 Å². The highest BCUT2D eigenvalue weighted by atomic mass is 16.5. The summed E-state index contributed by atoms with van der Waals surface area (Å²) in [6.07, 6.45) is 3.55. The third kappa shape index (κ3) is 5.01. The number of rotatable bonds is 6. The van der Waals surface area contributed by atoms with Crippen LogP contribution in [0.2, 0.25) is 0 Å². The molecule has 6 nitrogen and oxygen atoms in total. The van der Waals surface area contributed by atoms with E-state index in [0.29, 0.717) is 19.3 Å². The van der Waals surface area contributed by atoms with Gasteiger partial charge in [0.2, 0.25) is 0 Å². The summed E-state index contributed by atoms with van der Waals surface area (Å²) >= 11 is 0. The SMILES string of the molecule is CCNC(=NCC(C)N(C)C1CC1)Nc1ccc2c(c1)OCCCO2. The van der Waals surface area contributed by atoms with Crippen molar-refractivity contribution in [2.45, 2.75) is 45.2 Å². The number of ether oxygens (including phenoxy) is 2. The summed E-state index contributed by atoms with van der Waals surface area (Å²) in [5, 5.41) is 6.69. The zero-order valence-corrected chi connectivity index (χ0v) is 15.5. The lowest BCUT2D eigenvalue weighted by atomic mass is 10.2. The highest BCUT2D eigenvalue weighted by Gasteiger charge is 2.28. The van der Waals surface area contributed by atoms with Gasteiger partial charge in [0, 0.05) is 36.8 Å². The van der Waals surface area contributed by atoms with E-state index in [1.54, 1.807) is 0 Å². The van der Waals surface area contributed by atoms with E-state index in [9.17, 15) is 0 Å². The first kappa shape index (κ1) is 17.9. The van der Waals surface area contributed by atoms with Crippen LogP contribution in [0.4, 0.5) is 5.69 Å². The number of nitrogens with one attached hydrogen (secondary N) is 2. The van der Waals surface area contributed by atoms with E-state index in [-0.39, 0.29) is 0 Å². The number of aliphatic imine (C=N–C) groups is 1. The van der Waals surface area contributed by atoms with Crippen LogP contribution in [0.25, 0.3) is 0 Å². The smallest absolute Gasteiger partial charge is 0.195 e. The van der Waals surface area contributed by atoms with Gasteiger partial charge >= 0.3 is 0 Å². The summed E-state index contributed by atoms with van der Waals surface area (Å²) in [5.41, 5.74) is 0.951. The monoisotopic (exact) mass is 346 g/mol. The van der Waals surface area contributed by atoms with Crippen LogP contribution in [0.15, 0.2) is 23.2 Å². The van der Waals surface area contributed by atoms with Gasteiger partial charge in [0.25, 0.3) is 0 Å². The molecule has 0 radical (unpaired) electrons. The van der Waals surface area contributed by atoms with Crippen molar-refractivity contribution < 1.29 is 9.47 Å². The highest BCUT2D eigenvalue weighted by molar-refractivity contribution is 5.93. The molecule has 0 saturated heterocycles. The number of hydrogen-bond donors (Lipinski definition) is 2. The number of hydrogen-bond acceptors (Lipinski definition) is 4. The minimum atomic E-state index is 0.437. The Morgan fingerprint density at radius 2 is 2.04 bits per heavy atom. The van der Waals surface area contributed by atoms with E-state index in [4.69, 9.17) is 14.5 Å². The highest BCUT2D eigenvalue weighted by Crippen LogP contribution is 2.32. The van der Waals surface area contributed by atoms with Crippen molar-refractivity contribution >= 4 is 11.6 Å². The average molecular weight is 346 g/mol. The molecule has 2 aliphatic rings. The molecule has 6 heteroatoms. The van der Waals surface area contributed by atoms with Crippen molar-refractivity contribution in [2.24, 2.45) is 4.99 Å². The lowest BCUT2D eigenvalue weighted by Crippen LogP contribution is -2.36. The normalized spacial score (nSPS) is 18.6. The predicted octanol–water partition coefficient (Wildman–Crippen LogP) is 2.71. The van der Waals surface area contributed by atoms with Crippen LogP contribution in [-0.2, 0) is 0 Å². The van der Waals surface area contributed by atoms with Crippen molar-refractivity contribution in [3.63, 3.8) is 0 Å². The summed E-state index contributed by atoms with van der Waals surface area (Å²) < 4.78 is 11.4. The third-order valence-electron chi connectivity index (χ3n) is 4.69. The Balaban J connectivity index is 1.64. The molecule has 1 unspecified atom stereocenters. The minimum absolute atomic E-state index is 0.437. The maximum atomic E-state index is 5.76. The summed E-state index contributed by atoms with van der Waals surface area (Å²) in [5.74, 6) is 2.40. The van der Waals surface area contributed by atoms with Gasteiger partial charge in [-0.25, -0.2) is 0 Å². The Morgan fingerprint density at radius 3 is 2.76 bits per heavy atom. The van der Waals surface area contributed by atoms with Crippen molar-refractivity contribution in [3.05, 3.63) is 18.2 Å². The predicted molar refractivity (Wildman–Crippen MR) is 102 cm³/mol. The first-order valence-electron chi connectivity index (χ1n) is 9.34. The zero-order chi connectivity index (χ0) is 17.6. The molecule has 0 spiro atoms. The fourth-order valence-corrected chi connectivity index (χ4v) is 2.88. The first-order valence-corrected chi connectivity index (χ1v) is 9.34. The molecule has 2 N–H and O–H groups in total. The van der Waals surface area contributed by atoms with E-state index >= 15 is 0 Å². The third-order valence-corrected chi connectivity index (χ3v) is 4.69. The van der Waals surface area contributed by atoms with Gasteiger partial charge in [-0.1, -0.05) is 0 Å². The van der Waals surface area contributed by atoms with Crippen LogP contribution in [-0.4, -0.2) is 56.3 Å². The minimum Gasteiger partial charge on any atom is -0.490 e. The molecule has 0 bridgehead atoms. The number of anilines is 1. The van der Waals surface area contributed by atoms with E-state index in [2.05, 4.69) is 36.4 Å². The van der Waals surface area contributed by atoms with Gasteiger partial charge in [-0.15, -0.1) is 0 Å². The molecule has 1 saturated carbocycles. The van der Waals surface area contributed by atoms with Gasteiger partial charge in [-0.05, 0) is 45.9 Å². The van der Waals surface area contributed by atoms with Crippen molar-refractivity contribution in [2.75, 3.05) is 38.7 Å². The largest absolute Gasteiger partial charge is 0.490 e. The quantitative estimate of drug-likeness (QED) is 0.613. The summed E-state index contributed by atoms with van der Waals surface area (Å²) in [6.45, 7) is 7.30. The second-order valence-electron chi connectivity index (χ2n) is 6.80. The van der Waals surface area contributed by atoms with Crippen LogP contribution in [0.5, 0.6) is 11.5 Å². The van der Waals surface area contributed by atoms with Gasteiger partial charge in [0.05, 0.1) is 19.8 Å². The van der Waals surface area contributed by atoms with Crippen molar-refractivity contribution in [3.8, 4) is 11.5 Å². The average Bonchev–Trinajstić information content (AvgIpc) is 3.45. The lowest BCUT2D eigenvalue weighted by Gasteiger charge is -2.23. The fourth-order valence-electron chi connectivity index (χ4n) is 2.88. The van der Waals surface area contributed by atoms with Crippen LogP contribution in [0, 0.1) is 0 Å². The second-order valence-corrected chi connectivity index (χ2v) is 6.80. The van der Waals surface area contributed by atoms with Gasteiger partial charge in [0.1, 0.15) is 0 Å². The molecular weight excluding hydrogens is 316 g/mol. The molecule has 1 aliphatic carbocycles. The lowest BCUT2D eigenvalue weighted by molar-refractivity contribution is 0.253. The molecule has 1 fully saturated rings. The molecule has 0 aromatic heterocycles. The molecule has 1 aromatic rings. The van der Waals surface area contributed by atoms with Gasteiger partial charge in [-0.2, -0.15) is 0 Å². The van der Waals surface area contributed by atoms with Gasteiger partial charge in [0.15, 0.2) is 17.5 Å². The van der Waals surface area contributed by atoms with Crippen molar-refractivity contribution in [1.82, 2.24) is 10.2 Å². The molecule has 138 valence electrons. The van der Waals surface area contributed by atoms with Crippen LogP contribution in [0.1, 0.15) is 33.1 Å². The second kappa shape index (κ2) is 8.43. The maximum Gasteiger partial charge on any atom is 0.195 e. The molecule has 3 rings (SSSR count). The molecule has 25 heavy (non-hydrogen) atoms. The molecule has 1 aromatic carbocycles. The number of guanidine groups is 1. The molecule has 1 atom stereocenters. The van der Waals surface area contributed by atoms with E-state index < -0.39 is 0 Å². The van der Waals surface area contributed by atoms with E-state index in [1.165, 1.54) is 12.8 Å².